The maximum Gasteiger partial charge on any atom is 0.514 e. The summed E-state index contributed by atoms with van der Waals surface area (Å²) in [7, 11) is 0. The van der Waals surface area contributed by atoms with Crippen molar-refractivity contribution in [2.45, 2.75) is 103 Å². The Bertz CT molecular complexity index is 1020. The third-order valence-electron chi connectivity index (χ3n) is 11.8. The van der Waals surface area contributed by atoms with Gasteiger partial charge in [0, 0.05) is 6.07 Å². The molecule has 8 aliphatic rings. The van der Waals surface area contributed by atoms with Gasteiger partial charge >= 0.3 is 12.3 Å². The van der Waals surface area contributed by atoms with Crippen molar-refractivity contribution in [1.29, 1.82) is 0 Å². The third-order valence-corrected chi connectivity index (χ3v) is 11.8. The average molecular weight is 523 g/mol. The molecule has 38 heavy (non-hydrogen) atoms. The molecule has 0 spiro atoms. The van der Waals surface area contributed by atoms with E-state index in [1.54, 1.807) is 6.07 Å². The number of ether oxygens (including phenoxy) is 4. The molecule has 1 aromatic rings. The van der Waals surface area contributed by atoms with Gasteiger partial charge < -0.3 is 18.9 Å². The second-order valence-corrected chi connectivity index (χ2v) is 14.0. The molecule has 0 amide bonds. The van der Waals surface area contributed by atoms with Crippen molar-refractivity contribution in [2.75, 3.05) is 0 Å². The Labute approximate surface area is 226 Å². The summed E-state index contributed by atoms with van der Waals surface area (Å²) in [5.74, 6) is 5.40. The largest absolute Gasteiger partial charge is 0.514 e. The maximum absolute atomic E-state index is 13.1. The molecule has 206 valence electrons. The monoisotopic (exact) mass is 522 g/mol. The fourth-order valence-electron chi connectivity index (χ4n) is 10.3. The minimum absolute atomic E-state index is 0.345. The summed E-state index contributed by atoms with van der Waals surface area (Å²) in [5.41, 5.74) is 0.127. The first-order valence-corrected chi connectivity index (χ1v) is 15.2. The molecule has 6 heteroatoms. The number of rotatable bonds is 5. The lowest BCUT2D eigenvalue weighted by Crippen LogP contribution is -2.58. The lowest BCUT2D eigenvalue weighted by molar-refractivity contribution is -0.172. The van der Waals surface area contributed by atoms with Crippen LogP contribution in [0.25, 0.3) is 0 Å². The van der Waals surface area contributed by atoms with E-state index in [-0.39, 0.29) is 0 Å². The molecule has 0 radical (unpaired) electrons. The highest BCUT2D eigenvalue weighted by Crippen LogP contribution is 2.61. The van der Waals surface area contributed by atoms with Crippen molar-refractivity contribution in [2.24, 2.45) is 47.3 Å². The average Bonchev–Trinajstić information content (AvgIpc) is 2.84. The van der Waals surface area contributed by atoms with Crippen molar-refractivity contribution < 1.29 is 28.5 Å². The molecule has 6 nitrogen and oxygen atoms in total. The van der Waals surface area contributed by atoms with Gasteiger partial charge in [-0.1, -0.05) is 20.8 Å². The van der Waals surface area contributed by atoms with Gasteiger partial charge in [-0.15, -0.1) is 0 Å². The summed E-state index contributed by atoms with van der Waals surface area (Å²) in [6, 6.07) is 5.25. The van der Waals surface area contributed by atoms with Crippen LogP contribution in [0.4, 0.5) is 9.59 Å². The van der Waals surface area contributed by atoms with E-state index in [4.69, 9.17) is 18.9 Å². The highest BCUT2D eigenvalue weighted by molar-refractivity contribution is 5.67. The van der Waals surface area contributed by atoms with Crippen LogP contribution >= 0.6 is 0 Å². The highest BCUT2D eigenvalue weighted by atomic mass is 16.7. The van der Waals surface area contributed by atoms with E-state index < -0.39 is 23.5 Å². The van der Waals surface area contributed by atoms with E-state index in [0.29, 0.717) is 58.8 Å². The Hall–Kier alpha value is -2.24. The predicted octanol–water partition coefficient (Wildman–Crippen LogP) is 7.71. The van der Waals surface area contributed by atoms with E-state index in [1.807, 2.05) is 19.1 Å². The Morgan fingerprint density at radius 3 is 1.45 bits per heavy atom. The zero-order valence-corrected chi connectivity index (χ0v) is 23.1. The van der Waals surface area contributed by atoms with E-state index in [0.717, 1.165) is 37.7 Å². The van der Waals surface area contributed by atoms with Crippen molar-refractivity contribution in [3.8, 4) is 11.5 Å². The van der Waals surface area contributed by atoms with Crippen molar-refractivity contribution in [1.82, 2.24) is 0 Å². The van der Waals surface area contributed by atoms with Crippen LogP contribution in [0.5, 0.6) is 11.5 Å². The van der Waals surface area contributed by atoms with E-state index in [2.05, 4.69) is 13.8 Å². The Morgan fingerprint density at radius 1 is 0.684 bits per heavy atom. The second kappa shape index (κ2) is 8.89. The highest BCUT2D eigenvalue weighted by Gasteiger charge is 2.59. The van der Waals surface area contributed by atoms with Crippen LogP contribution in [0, 0.1) is 47.3 Å². The quantitative estimate of drug-likeness (QED) is 0.291. The van der Waals surface area contributed by atoms with Crippen molar-refractivity contribution in [3.05, 3.63) is 23.8 Å². The Balaban J connectivity index is 1.03. The molecule has 0 heterocycles. The molecule has 8 bridgehead atoms. The zero-order valence-electron chi connectivity index (χ0n) is 23.1. The first-order valence-electron chi connectivity index (χ1n) is 15.2. The molecule has 6 atom stereocenters. The molecule has 8 aliphatic carbocycles. The normalized spacial score (nSPS) is 43.7. The van der Waals surface area contributed by atoms with Gasteiger partial charge in [0.2, 0.25) is 0 Å². The van der Waals surface area contributed by atoms with E-state index in [1.165, 1.54) is 38.5 Å². The van der Waals surface area contributed by atoms with Gasteiger partial charge in [-0.05, 0) is 136 Å². The molecule has 0 aromatic heterocycles. The fraction of sp³-hybridized carbons (Fsp3) is 0.750. The topological polar surface area (TPSA) is 71.1 Å². The van der Waals surface area contributed by atoms with Crippen LogP contribution in [0.2, 0.25) is 0 Å². The van der Waals surface area contributed by atoms with Gasteiger partial charge in [0.05, 0.1) is 0 Å². The lowest BCUT2D eigenvalue weighted by atomic mass is 9.50. The number of carbonyl (C=O) groups excluding carboxylic acids is 2. The Morgan fingerprint density at radius 2 is 1.08 bits per heavy atom. The minimum Gasteiger partial charge on any atom is -0.427 e. The molecule has 0 aliphatic heterocycles. The van der Waals surface area contributed by atoms with E-state index >= 15 is 0 Å². The third kappa shape index (κ3) is 4.12. The summed E-state index contributed by atoms with van der Waals surface area (Å²) in [4.78, 5) is 26.1. The maximum atomic E-state index is 13.1. The van der Waals surface area contributed by atoms with Crippen LogP contribution in [-0.4, -0.2) is 23.5 Å². The summed E-state index contributed by atoms with van der Waals surface area (Å²) < 4.78 is 23.7. The van der Waals surface area contributed by atoms with Crippen LogP contribution < -0.4 is 9.47 Å². The fourth-order valence-corrected chi connectivity index (χ4v) is 10.3. The smallest absolute Gasteiger partial charge is 0.427 e. The molecular formula is C32H42O6. The van der Waals surface area contributed by atoms with Crippen LogP contribution in [0.3, 0.4) is 0 Å². The summed E-state index contributed by atoms with van der Waals surface area (Å²) in [6.07, 6.45) is 10.9. The number of hydrogen-bond donors (Lipinski definition) is 0. The van der Waals surface area contributed by atoms with Crippen LogP contribution in [-0.2, 0) is 15.9 Å². The summed E-state index contributed by atoms with van der Waals surface area (Å²) in [6.45, 7) is 6.51. The van der Waals surface area contributed by atoms with Gasteiger partial charge in [-0.3, -0.25) is 0 Å². The van der Waals surface area contributed by atoms with Gasteiger partial charge in [0.15, 0.2) is 0 Å². The minimum atomic E-state index is -0.650. The molecular weight excluding hydrogens is 480 g/mol. The number of hydrogen-bond acceptors (Lipinski definition) is 6. The molecule has 0 N–H and O–H groups in total. The predicted molar refractivity (Wildman–Crippen MR) is 141 cm³/mol. The number of aryl methyl sites for hydroxylation is 1. The van der Waals surface area contributed by atoms with Crippen molar-refractivity contribution >= 4 is 12.3 Å². The second-order valence-electron chi connectivity index (χ2n) is 14.0. The SMILES string of the molecule is CCc1cc(OC(=O)OC23CC4CC(CC(C4)C2C)C3)cc(OC(=O)OC23CC4CC(CC(C4)C2C)C3)c1. The van der Waals surface area contributed by atoms with E-state index in [9.17, 15) is 9.59 Å². The number of benzene rings is 1. The standard InChI is InChI=1S/C32H42O6/c1-4-20-11-27(35-29(33)37-31-14-21-5-22(15-31)8-25(7-21)18(31)2)13-28(12-20)36-30(34)38-32-16-23-6-24(17-32)10-26(9-23)19(32)3/h11-13,18-19,21-26H,4-10,14-17H2,1-3H3. The molecule has 8 saturated carbocycles. The van der Waals surface area contributed by atoms with Crippen LogP contribution in [0.1, 0.15) is 90.5 Å². The molecule has 8 fully saturated rings. The van der Waals surface area contributed by atoms with Gasteiger partial charge in [0.25, 0.3) is 0 Å². The summed E-state index contributed by atoms with van der Waals surface area (Å²) >= 11 is 0. The van der Waals surface area contributed by atoms with Gasteiger partial charge in [-0.25, -0.2) is 9.59 Å². The first kappa shape index (κ1) is 24.8. The molecule has 1 aromatic carbocycles. The zero-order chi connectivity index (χ0) is 26.2. The molecule has 6 unspecified atom stereocenters. The van der Waals surface area contributed by atoms with Gasteiger partial charge in [0.1, 0.15) is 22.7 Å². The van der Waals surface area contributed by atoms with Crippen LogP contribution in [0.15, 0.2) is 18.2 Å². The number of carbonyl (C=O) groups is 2. The molecule has 0 saturated heterocycles. The first-order chi connectivity index (χ1) is 18.2. The lowest BCUT2D eigenvalue weighted by Gasteiger charge is -2.59. The molecule has 9 rings (SSSR count). The summed E-state index contributed by atoms with van der Waals surface area (Å²) in [5, 5.41) is 0. The Kier molecular flexibility index (Phi) is 5.80. The van der Waals surface area contributed by atoms with Gasteiger partial charge in [-0.2, -0.15) is 0 Å². The van der Waals surface area contributed by atoms with Crippen molar-refractivity contribution in [3.63, 3.8) is 0 Å².